The summed E-state index contributed by atoms with van der Waals surface area (Å²) in [6.45, 7) is 1.97. The number of esters is 1. The molecular weight excluding hydrogens is 249 g/mol. The molecule has 0 radical (unpaired) electrons. The van der Waals surface area contributed by atoms with Crippen LogP contribution >= 0.6 is 0 Å². The van der Waals surface area contributed by atoms with Crippen molar-refractivity contribution in [2.24, 2.45) is 0 Å². The largest absolute Gasteiger partial charge is 0.463 e. The summed E-state index contributed by atoms with van der Waals surface area (Å²) in [4.78, 5) is 15.8. The summed E-state index contributed by atoms with van der Waals surface area (Å²) in [6.07, 6.45) is 1.42. The lowest BCUT2D eigenvalue weighted by molar-refractivity contribution is 0.0564. The minimum atomic E-state index is -0.571. The summed E-state index contributed by atoms with van der Waals surface area (Å²) in [6, 6.07) is 5.88. The molecule has 5 heteroatoms. The number of aryl methyl sites for hydroxylation is 1. The molecule has 0 fully saturated rings. The minimum absolute atomic E-state index is 0.0867. The quantitative estimate of drug-likeness (QED) is 0.795. The van der Waals surface area contributed by atoms with E-state index in [4.69, 9.17) is 4.42 Å². The molecule has 1 aromatic carbocycles. The van der Waals surface area contributed by atoms with Crippen molar-refractivity contribution in [3.8, 4) is 11.5 Å². The van der Waals surface area contributed by atoms with Gasteiger partial charge in [-0.2, -0.15) is 0 Å². The fraction of sp³-hybridized carbons (Fsp3) is 0.286. The van der Waals surface area contributed by atoms with Crippen LogP contribution in [0.25, 0.3) is 11.5 Å². The predicted octanol–water partition coefficient (Wildman–Crippen LogP) is 3.22. The monoisotopic (exact) mass is 263 g/mol. The average Bonchev–Trinajstić information content (AvgIpc) is 2.82. The highest BCUT2D eigenvalue weighted by Gasteiger charge is 2.21. The number of benzene rings is 1. The fourth-order valence-electron chi connectivity index (χ4n) is 1.76. The lowest BCUT2D eigenvalue weighted by Crippen LogP contribution is -2.03. The van der Waals surface area contributed by atoms with Gasteiger partial charge < -0.3 is 9.15 Å². The molecule has 1 heterocycles. The van der Waals surface area contributed by atoms with E-state index in [1.165, 1.54) is 19.2 Å². The molecule has 0 saturated heterocycles. The molecule has 0 aliphatic heterocycles. The third kappa shape index (κ3) is 2.81. The summed E-state index contributed by atoms with van der Waals surface area (Å²) < 4.78 is 23.2. The van der Waals surface area contributed by atoms with Crippen molar-refractivity contribution < 1.29 is 18.3 Å². The van der Waals surface area contributed by atoms with E-state index in [1.54, 1.807) is 12.1 Å². The van der Waals surface area contributed by atoms with Gasteiger partial charge in [-0.3, -0.25) is 0 Å². The highest BCUT2D eigenvalue weighted by atomic mass is 19.1. The number of nitrogens with zero attached hydrogens (tertiary/aromatic N) is 1. The van der Waals surface area contributed by atoms with Gasteiger partial charge >= 0.3 is 5.97 Å². The average molecular weight is 263 g/mol. The second-order valence-corrected chi connectivity index (χ2v) is 4.05. The Labute approximate surface area is 110 Å². The Balaban J connectivity index is 2.45. The summed E-state index contributed by atoms with van der Waals surface area (Å²) in [5.41, 5.74) is 1.03. The van der Waals surface area contributed by atoms with E-state index in [0.717, 1.165) is 6.42 Å². The van der Waals surface area contributed by atoms with Gasteiger partial charge in [0.25, 0.3) is 0 Å². The number of oxazole rings is 1. The van der Waals surface area contributed by atoms with Crippen LogP contribution in [0.15, 0.2) is 28.7 Å². The third-order valence-electron chi connectivity index (χ3n) is 2.63. The van der Waals surface area contributed by atoms with Crippen molar-refractivity contribution in [2.75, 3.05) is 7.11 Å². The second-order valence-electron chi connectivity index (χ2n) is 4.05. The smallest absolute Gasteiger partial charge is 0.376 e. The molecule has 0 aliphatic rings. The highest BCUT2D eigenvalue weighted by Crippen LogP contribution is 2.24. The zero-order valence-corrected chi connectivity index (χ0v) is 10.8. The van der Waals surface area contributed by atoms with E-state index >= 15 is 0 Å². The Morgan fingerprint density at radius 2 is 2.26 bits per heavy atom. The summed E-state index contributed by atoms with van der Waals surface area (Å²) >= 11 is 0. The lowest BCUT2D eigenvalue weighted by atomic mass is 10.2. The Bertz CT molecular complexity index is 592. The maximum absolute atomic E-state index is 13.2. The molecule has 4 nitrogen and oxygen atoms in total. The van der Waals surface area contributed by atoms with Crippen molar-refractivity contribution >= 4 is 5.97 Å². The number of aromatic nitrogens is 1. The zero-order chi connectivity index (χ0) is 13.8. The highest BCUT2D eigenvalue weighted by molar-refractivity contribution is 5.87. The molecule has 1 aromatic heterocycles. The van der Waals surface area contributed by atoms with Crippen molar-refractivity contribution in [2.45, 2.75) is 19.8 Å². The van der Waals surface area contributed by atoms with Gasteiger partial charge in [0.2, 0.25) is 11.7 Å². The van der Waals surface area contributed by atoms with Gasteiger partial charge in [-0.25, -0.2) is 14.2 Å². The van der Waals surface area contributed by atoms with E-state index in [1.807, 2.05) is 6.92 Å². The SMILES string of the molecule is CCCc1nc(-c2cccc(F)c2)oc1C(=O)OC. The molecule has 0 bridgehead atoms. The molecule has 0 aliphatic carbocycles. The van der Waals surface area contributed by atoms with Crippen LogP contribution in [0.3, 0.4) is 0 Å². The van der Waals surface area contributed by atoms with Crippen molar-refractivity contribution in [1.29, 1.82) is 0 Å². The number of carbonyl (C=O) groups is 1. The van der Waals surface area contributed by atoms with E-state index in [-0.39, 0.29) is 17.5 Å². The molecule has 0 N–H and O–H groups in total. The minimum Gasteiger partial charge on any atom is -0.463 e. The molecule has 0 amide bonds. The first kappa shape index (κ1) is 13.3. The summed E-state index contributed by atoms with van der Waals surface area (Å²) in [5.74, 6) is -0.641. The molecule has 19 heavy (non-hydrogen) atoms. The first-order valence-corrected chi connectivity index (χ1v) is 5.99. The second kappa shape index (κ2) is 5.65. The van der Waals surface area contributed by atoms with Gasteiger partial charge in [-0.15, -0.1) is 0 Å². The van der Waals surface area contributed by atoms with Gasteiger partial charge in [0.1, 0.15) is 5.82 Å². The summed E-state index contributed by atoms with van der Waals surface area (Å²) in [5, 5.41) is 0. The molecule has 0 unspecified atom stereocenters. The summed E-state index contributed by atoms with van der Waals surface area (Å²) in [7, 11) is 1.28. The normalized spacial score (nSPS) is 10.5. The first-order chi connectivity index (χ1) is 9.15. The molecular formula is C14H14FNO3. The van der Waals surface area contributed by atoms with Gasteiger partial charge in [0, 0.05) is 5.56 Å². The molecule has 0 saturated carbocycles. The van der Waals surface area contributed by atoms with Crippen LogP contribution in [0.2, 0.25) is 0 Å². The van der Waals surface area contributed by atoms with E-state index < -0.39 is 5.97 Å². The van der Waals surface area contributed by atoms with Gasteiger partial charge in [0.15, 0.2) is 0 Å². The first-order valence-electron chi connectivity index (χ1n) is 5.99. The number of hydrogen-bond acceptors (Lipinski definition) is 4. The topological polar surface area (TPSA) is 52.3 Å². The van der Waals surface area contributed by atoms with Crippen LogP contribution in [0.1, 0.15) is 29.6 Å². The van der Waals surface area contributed by atoms with Crippen LogP contribution in [0.4, 0.5) is 4.39 Å². The fourth-order valence-corrected chi connectivity index (χ4v) is 1.76. The number of ether oxygens (including phenoxy) is 1. The van der Waals surface area contributed by atoms with Crippen LogP contribution in [0.5, 0.6) is 0 Å². The Morgan fingerprint density at radius 3 is 2.89 bits per heavy atom. The maximum Gasteiger partial charge on any atom is 0.376 e. The van der Waals surface area contributed by atoms with Gasteiger partial charge in [0.05, 0.1) is 12.8 Å². The van der Waals surface area contributed by atoms with E-state index in [9.17, 15) is 9.18 Å². The van der Waals surface area contributed by atoms with Crippen molar-refractivity contribution in [1.82, 2.24) is 4.98 Å². The Kier molecular flexibility index (Phi) is 3.94. The van der Waals surface area contributed by atoms with Crippen molar-refractivity contribution in [3.63, 3.8) is 0 Å². The zero-order valence-electron chi connectivity index (χ0n) is 10.8. The third-order valence-corrected chi connectivity index (χ3v) is 2.63. The number of halogens is 1. The number of rotatable bonds is 4. The molecule has 2 aromatic rings. The Hall–Kier alpha value is -2.17. The molecule has 0 spiro atoms. The standard InChI is InChI=1S/C14H14FNO3/c1-3-5-11-12(14(17)18-2)19-13(16-11)9-6-4-7-10(15)8-9/h4,6-8H,3,5H2,1-2H3. The predicted molar refractivity (Wildman–Crippen MR) is 67.2 cm³/mol. The van der Waals surface area contributed by atoms with E-state index in [2.05, 4.69) is 9.72 Å². The van der Waals surface area contributed by atoms with Crippen LogP contribution in [-0.2, 0) is 11.2 Å². The van der Waals surface area contributed by atoms with Gasteiger partial charge in [-0.05, 0) is 24.6 Å². The number of methoxy groups -OCH3 is 1. The van der Waals surface area contributed by atoms with Crippen LogP contribution in [-0.4, -0.2) is 18.1 Å². The molecule has 2 rings (SSSR count). The molecule has 0 atom stereocenters. The lowest BCUT2D eigenvalue weighted by Gasteiger charge is -1.96. The number of hydrogen-bond donors (Lipinski definition) is 0. The molecule has 100 valence electrons. The van der Waals surface area contributed by atoms with Crippen LogP contribution < -0.4 is 0 Å². The van der Waals surface area contributed by atoms with E-state index in [0.29, 0.717) is 17.7 Å². The Morgan fingerprint density at radius 1 is 1.47 bits per heavy atom. The maximum atomic E-state index is 13.2. The van der Waals surface area contributed by atoms with Crippen molar-refractivity contribution in [3.05, 3.63) is 41.5 Å². The number of carbonyl (C=O) groups excluding carboxylic acids is 1. The van der Waals surface area contributed by atoms with Crippen LogP contribution in [0, 0.1) is 5.82 Å². The van der Waals surface area contributed by atoms with Gasteiger partial charge in [-0.1, -0.05) is 19.4 Å².